The Morgan fingerprint density at radius 1 is 0.853 bits per heavy atom. The number of oxime groups is 1. The Labute approximate surface area is 399 Å². The van der Waals surface area contributed by atoms with Crippen LogP contribution in [0.3, 0.4) is 0 Å². The fourth-order valence-corrected chi connectivity index (χ4v) is 12.8. The van der Waals surface area contributed by atoms with Gasteiger partial charge in [-0.25, -0.2) is 8.42 Å². The number of allylic oxidation sites excluding steroid dienone is 1. The number of aliphatic hydroxyl groups is 2. The molecule has 11 nitrogen and oxygen atoms in total. The predicted octanol–water partition coefficient (Wildman–Crippen LogP) is 11.1. The highest BCUT2D eigenvalue weighted by Gasteiger charge is 2.66. The molecule has 2 N–H and O–H groups in total. The third-order valence-corrected chi connectivity index (χ3v) is 15.8. The number of hydrogen-bond acceptors (Lipinski definition) is 10. The van der Waals surface area contributed by atoms with E-state index < -0.39 is 27.8 Å². The number of sulfonamides is 1. The number of aliphatic hydroxyl groups excluding tert-OH is 2. The minimum Gasteiger partial charge on any atom is -0.460 e. The van der Waals surface area contributed by atoms with Crippen molar-refractivity contribution in [1.29, 1.82) is 0 Å². The largest absolute Gasteiger partial charge is 0.460 e. The summed E-state index contributed by atoms with van der Waals surface area (Å²) in [5, 5.41) is 28.0. The lowest BCUT2D eigenvalue weighted by Crippen LogP contribution is -2.70. The summed E-state index contributed by atoms with van der Waals surface area (Å²) in [6, 6.07) is 38.0. The smallest absolute Gasteiger partial charge is 0.245 e. The minimum atomic E-state index is -4.31. The maximum Gasteiger partial charge on any atom is 0.245 e. The van der Waals surface area contributed by atoms with Crippen LogP contribution in [0, 0.1) is 17.8 Å². The Hall–Kier alpha value is -5.89. The second kappa shape index (κ2) is 21.2. The van der Waals surface area contributed by atoms with E-state index in [2.05, 4.69) is 41.9 Å². The maximum absolute atomic E-state index is 15.7. The number of fused-ring (bicyclic) bond motifs is 4. The Kier molecular flexibility index (Phi) is 14.7. The molecule has 6 unspecified atom stereocenters. The van der Waals surface area contributed by atoms with Gasteiger partial charge in [0.05, 0.1) is 29.8 Å². The summed E-state index contributed by atoms with van der Waals surface area (Å²) in [7, 11) is -4.31. The molecule has 2 heterocycles. The average Bonchev–Trinajstić information content (AvgIpc) is 3.36. The zero-order valence-corrected chi connectivity index (χ0v) is 39.5. The van der Waals surface area contributed by atoms with Crippen molar-refractivity contribution in [1.82, 2.24) is 9.29 Å². The first-order valence-corrected chi connectivity index (χ1v) is 25.5. The summed E-state index contributed by atoms with van der Waals surface area (Å²) in [6.45, 7) is 6.64. The lowest BCUT2D eigenvalue weighted by Gasteiger charge is -2.59. The predicted molar refractivity (Wildman–Crippen MR) is 266 cm³/mol. The summed E-state index contributed by atoms with van der Waals surface area (Å²) in [5.41, 5.74) is 3.77. The van der Waals surface area contributed by atoms with Gasteiger partial charge in [-0.3, -0.25) is 4.98 Å². The van der Waals surface area contributed by atoms with Crippen LogP contribution in [0.5, 0.6) is 17.2 Å². The van der Waals surface area contributed by atoms with Gasteiger partial charge in [-0.1, -0.05) is 116 Å². The topological polar surface area (TPSA) is 140 Å². The van der Waals surface area contributed by atoms with Crippen molar-refractivity contribution in [2.24, 2.45) is 22.9 Å². The average molecular weight is 936 g/mol. The number of benzene rings is 5. The van der Waals surface area contributed by atoms with Gasteiger partial charge in [0.25, 0.3) is 0 Å². The van der Waals surface area contributed by atoms with E-state index >= 15 is 8.42 Å². The van der Waals surface area contributed by atoms with Gasteiger partial charge in [0.2, 0.25) is 15.8 Å². The summed E-state index contributed by atoms with van der Waals surface area (Å²) < 4.78 is 54.2. The van der Waals surface area contributed by atoms with Gasteiger partial charge in [-0.2, -0.15) is 4.31 Å². The normalized spacial score (nSPS) is 22.6. The molecule has 1 aromatic heterocycles. The molecule has 1 saturated carbocycles. The van der Waals surface area contributed by atoms with E-state index in [-0.39, 0.29) is 62.0 Å². The molecule has 0 radical (unpaired) electrons. The van der Waals surface area contributed by atoms with Gasteiger partial charge in [0.1, 0.15) is 28.8 Å². The molecule has 0 saturated heterocycles. The molecular weight excluding hydrogens is 875 g/mol. The lowest BCUT2D eigenvalue weighted by atomic mass is 9.55. The van der Waals surface area contributed by atoms with E-state index in [1.807, 2.05) is 85.8 Å². The van der Waals surface area contributed by atoms with Crippen LogP contribution in [-0.4, -0.2) is 71.8 Å². The van der Waals surface area contributed by atoms with Crippen LogP contribution in [-0.2, 0) is 26.2 Å². The number of pyridine rings is 1. The van der Waals surface area contributed by atoms with Crippen LogP contribution in [0.15, 0.2) is 162 Å². The fraction of sp³-hybridized carbons (Fsp3) is 0.357. The summed E-state index contributed by atoms with van der Waals surface area (Å²) in [5.74, 6) is -0.541. The molecule has 0 bridgehead atoms. The van der Waals surface area contributed by atoms with Crippen LogP contribution >= 0.6 is 0 Å². The Bertz CT molecular complexity index is 2880. The quantitative estimate of drug-likeness (QED) is 0.0410. The SMILES string of the molecule is C=CCOC12Oc3ccc(Oc4ccc5ccccc5c4)cc3C3C(CCCCO)C(CCCCO)C=C(C(=NOCc4ccccc4)CC1N(CCC)S(=O)(=O)c1cccc4cccnc14)C32. The molecule has 9 rings (SSSR count). The van der Waals surface area contributed by atoms with Crippen molar-refractivity contribution < 1.29 is 37.7 Å². The number of nitrogens with zero attached hydrogens (tertiary/aromatic N) is 3. The molecule has 1 fully saturated rings. The highest BCUT2D eigenvalue weighted by molar-refractivity contribution is 7.89. The number of rotatable bonds is 21. The van der Waals surface area contributed by atoms with E-state index in [4.69, 9.17) is 24.2 Å². The molecule has 0 spiro atoms. The number of aromatic nitrogens is 1. The van der Waals surface area contributed by atoms with E-state index in [0.717, 1.165) is 53.2 Å². The molecule has 0 amide bonds. The highest BCUT2D eigenvalue weighted by atomic mass is 32.2. The van der Waals surface area contributed by atoms with E-state index in [1.165, 1.54) is 0 Å². The van der Waals surface area contributed by atoms with Gasteiger partial charge in [0, 0.05) is 49.2 Å². The Balaban J connectivity index is 1.26. The zero-order chi connectivity index (χ0) is 47.1. The maximum atomic E-state index is 15.7. The van der Waals surface area contributed by atoms with E-state index in [9.17, 15) is 10.2 Å². The number of ether oxygens (including phenoxy) is 3. The standard InChI is InChI=1S/C56H61N3O8S/c1-3-30-59(68(62,63)51-24-14-21-41-22-15-29-57-55(41)51)52-37-49(58-65-38-39-16-6-5-7-17-39)47-35-43(20-10-12-31-60)46(23-11-13-32-61)53-48-36-45(66-44-26-25-40-18-8-9-19-42(40)34-44)27-28-50(48)67-56(52,54(47)53)64-33-4-2/h4-9,14-19,21-22,24-29,34-36,43,46,52-54,60-61H,2-3,10-13,20,23,30-33,37-38H2,1H3. The number of unbranched alkanes of at least 4 members (excludes halogenated alkanes) is 2. The van der Waals surface area contributed by atoms with Crippen LogP contribution in [0.4, 0.5) is 0 Å². The Morgan fingerprint density at radius 3 is 2.38 bits per heavy atom. The summed E-state index contributed by atoms with van der Waals surface area (Å²) >= 11 is 0. The second-order valence-corrected chi connectivity index (χ2v) is 19.9. The lowest BCUT2D eigenvalue weighted by molar-refractivity contribution is -0.251. The molecule has 3 aliphatic rings. The number of para-hydroxylation sites is 1. The second-order valence-electron chi connectivity index (χ2n) is 18.1. The first-order valence-electron chi connectivity index (χ1n) is 24.1. The van der Waals surface area contributed by atoms with E-state index in [0.29, 0.717) is 53.1 Å². The van der Waals surface area contributed by atoms with Crippen molar-refractivity contribution in [3.8, 4) is 17.2 Å². The minimum absolute atomic E-state index is 0.0111. The van der Waals surface area contributed by atoms with Crippen molar-refractivity contribution in [2.75, 3.05) is 26.4 Å². The van der Waals surface area contributed by atoms with Gasteiger partial charge < -0.3 is 29.3 Å². The molecule has 6 aromatic rings. The van der Waals surface area contributed by atoms with E-state index in [1.54, 1.807) is 34.8 Å². The molecule has 12 heteroatoms. The van der Waals surface area contributed by atoms with Crippen molar-refractivity contribution in [3.63, 3.8) is 0 Å². The molecule has 5 aromatic carbocycles. The van der Waals surface area contributed by atoms with Crippen LogP contribution in [0.25, 0.3) is 21.7 Å². The highest BCUT2D eigenvalue weighted by Crippen LogP contribution is 2.62. The van der Waals surface area contributed by atoms with Crippen LogP contribution in [0.1, 0.15) is 75.3 Å². The molecular formula is C56H61N3O8S. The van der Waals surface area contributed by atoms with Crippen molar-refractivity contribution in [3.05, 3.63) is 163 Å². The van der Waals surface area contributed by atoms with Gasteiger partial charge in [-0.15, -0.1) is 6.58 Å². The van der Waals surface area contributed by atoms with Gasteiger partial charge in [0.15, 0.2) is 0 Å². The first-order chi connectivity index (χ1) is 33.3. The monoisotopic (exact) mass is 935 g/mol. The van der Waals surface area contributed by atoms with Crippen LogP contribution < -0.4 is 9.47 Å². The van der Waals surface area contributed by atoms with Gasteiger partial charge >= 0.3 is 0 Å². The third-order valence-electron chi connectivity index (χ3n) is 13.8. The number of hydrogen-bond donors (Lipinski definition) is 2. The van der Waals surface area contributed by atoms with Crippen molar-refractivity contribution in [2.45, 2.75) is 87.5 Å². The molecule has 1 aliphatic heterocycles. The summed E-state index contributed by atoms with van der Waals surface area (Å²) in [4.78, 5) is 11.0. The van der Waals surface area contributed by atoms with Gasteiger partial charge in [-0.05, 0) is 108 Å². The molecule has 354 valence electrons. The zero-order valence-electron chi connectivity index (χ0n) is 38.7. The first kappa shape index (κ1) is 47.2. The Morgan fingerprint density at radius 2 is 1.59 bits per heavy atom. The fourth-order valence-electron chi connectivity index (χ4n) is 10.9. The molecule has 2 aliphatic carbocycles. The summed E-state index contributed by atoms with van der Waals surface area (Å²) in [6.07, 6.45) is 10.7. The van der Waals surface area contributed by atoms with Crippen molar-refractivity contribution >= 4 is 37.4 Å². The molecule has 6 atom stereocenters. The third kappa shape index (κ3) is 9.45. The van der Waals surface area contributed by atoms with Crippen LogP contribution in [0.2, 0.25) is 0 Å². The molecule has 68 heavy (non-hydrogen) atoms.